The smallest absolute Gasteiger partial charge is 0.153 e. The monoisotopic (exact) mass is 303 g/mol. The molecule has 4 heteroatoms. The number of thiophene rings is 1. The number of anilines is 1. The summed E-state index contributed by atoms with van der Waals surface area (Å²) in [5, 5.41) is 1.56. The van der Waals surface area contributed by atoms with E-state index >= 15 is 0 Å². The summed E-state index contributed by atoms with van der Waals surface area (Å²) < 4.78 is 2.23. The van der Waals surface area contributed by atoms with Crippen molar-refractivity contribution in [2.45, 2.75) is 0 Å². The van der Waals surface area contributed by atoms with Crippen molar-refractivity contribution in [3.8, 4) is 0 Å². The second kappa shape index (κ2) is 3.26. The van der Waals surface area contributed by atoms with Gasteiger partial charge in [-0.2, -0.15) is 0 Å². The summed E-state index contributed by atoms with van der Waals surface area (Å²) >= 11 is 3.70. The van der Waals surface area contributed by atoms with Gasteiger partial charge < -0.3 is 5.73 Å². The molecule has 66 valence electrons. The standard InChI is InChI=1S/C9H6INOS/c10-5-1-2-6-7(4-12)9(11)13-8(6)3-5/h1-4H,11H2. The Morgan fingerprint density at radius 2 is 2.23 bits per heavy atom. The van der Waals surface area contributed by atoms with Gasteiger partial charge in [0, 0.05) is 13.7 Å². The summed E-state index contributed by atoms with van der Waals surface area (Å²) in [6.07, 6.45) is 0.820. The number of hydrogen-bond acceptors (Lipinski definition) is 3. The Morgan fingerprint density at radius 1 is 1.46 bits per heavy atom. The van der Waals surface area contributed by atoms with Crippen LogP contribution in [0.25, 0.3) is 10.1 Å². The molecule has 0 atom stereocenters. The van der Waals surface area contributed by atoms with Gasteiger partial charge in [-0.1, -0.05) is 6.07 Å². The molecule has 13 heavy (non-hydrogen) atoms. The van der Waals surface area contributed by atoms with Gasteiger partial charge >= 0.3 is 0 Å². The number of nitrogens with two attached hydrogens (primary N) is 1. The Morgan fingerprint density at radius 3 is 2.92 bits per heavy atom. The molecule has 0 saturated carbocycles. The highest BCUT2D eigenvalue weighted by Gasteiger charge is 2.08. The number of hydrogen-bond donors (Lipinski definition) is 1. The molecule has 0 aliphatic carbocycles. The van der Waals surface area contributed by atoms with E-state index in [1.165, 1.54) is 11.3 Å². The highest BCUT2D eigenvalue weighted by Crippen LogP contribution is 2.32. The molecule has 2 rings (SSSR count). The van der Waals surface area contributed by atoms with Crippen LogP contribution in [0.1, 0.15) is 10.4 Å². The fraction of sp³-hybridized carbons (Fsp3) is 0. The summed E-state index contributed by atoms with van der Waals surface area (Å²) in [6, 6.07) is 5.94. The topological polar surface area (TPSA) is 43.1 Å². The van der Waals surface area contributed by atoms with Crippen molar-refractivity contribution in [1.82, 2.24) is 0 Å². The molecule has 0 saturated heterocycles. The molecule has 0 unspecified atom stereocenters. The van der Waals surface area contributed by atoms with Gasteiger partial charge in [0.15, 0.2) is 6.29 Å². The summed E-state index contributed by atoms with van der Waals surface area (Å²) in [5.41, 5.74) is 6.32. The van der Waals surface area contributed by atoms with Gasteiger partial charge in [-0.25, -0.2) is 0 Å². The zero-order chi connectivity index (χ0) is 9.42. The van der Waals surface area contributed by atoms with Crippen LogP contribution in [-0.2, 0) is 0 Å². The van der Waals surface area contributed by atoms with E-state index in [1.807, 2.05) is 18.2 Å². The lowest BCUT2D eigenvalue weighted by Crippen LogP contribution is -1.85. The van der Waals surface area contributed by atoms with Gasteiger partial charge in [0.05, 0.1) is 10.6 Å². The van der Waals surface area contributed by atoms with E-state index in [-0.39, 0.29) is 0 Å². The number of rotatable bonds is 1. The summed E-state index contributed by atoms with van der Waals surface area (Å²) in [4.78, 5) is 10.7. The van der Waals surface area contributed by atoms with Crippen LogP contribution < -0.4 is 5.73 Å². The molecule has 2 aromatic rings. The number of fused-ring (bicyclic) bond motifs is 1. The van der Waals surface area contributed by atoms with E-state index in [1.54, 1.807) is 0 Å². The van der Waals surface area contributed by atoms with Crippen LogP contribution in [0.2, 0.25) is 0 Å². The zero-order valence-corrected chi connectivity index (χ0v) is 9.56. The Hall–Kier alpha value is -0.620. The third-order valence-electron chi connectivity index (χ3n) is 1.84. The molecule has 0 aliphatic rings. The molecule has 2 nitrogen and oxygen atoms in total. The van der Waals surface area contributed by atoms with E-state index < -0.39 is 0 Å². The van der Waals surface area contributed by atoms with Crippen LogP contribution in [0.5, 0.6) is 0 Å². The number of halogens is 1. The quantitative estimate of drug-likeness (QED) is 0.650. The maximum Gasteiger partial charge on any atom is 0.153 e. The molecule has 1 aromatic heterocycles. The lowest BCUT2D eigenvalue weighted by molar-refractivity contribution is 0.112. The second-order valence-electron chi connectivity index (χ2n) is 2.64. The zero-order valence-electron chi connectivity index (χ0n) is 6.58. The highest BCUT2D eigenvalue weighted by molar-refractivity contribution is 14.1. The third-order valence-corrected chi connectivity index (χ3v) is 3.51. The lowest BCUT2D eigenvalue weighted by atomic mass is 10.2. The van der Waals surface area contributed by atoms with Crippen molar-refractivity contribution in [2.24, 2.45) is 0 Å². The van der Waals surface area contributed by atoms with Crippen molar-refractivity contribution in [2.75, 3.05) is 5.73 Å². The van der Waals surface area contributed by atoms with Gasteiger partial charge in [-0.15, -0.1) is 11.3 Å². The first kappa shape index (κ1) is 8.96. The van der Waals surface area contributed by atoms with Crippen LogP contribution >= 0.6 is 33.9 Å². The second-order valence-corrected chi connectivity index (χ2v) is 4.97. The highest BCUT2D eigenvalue weighted by atomic mass is 127. The maximum absolute atomic E-state index is 10.7. The summed E-state index contributed by atoms with van der Waals surface area (Å²) in [5.74, 6) is 0. The molecular weight excluding hydrogens is 297 g/mol. The SMILES string of the molecule is Nc1sc2cc(I)ccc2c1C=O. The van der Waals surface area contributed by atoms with Gasteiger partial charge in [0.1, 0.15) is 0 Å². The minimum absolute atomic E-state index is 0.604. The van der Waals surface area contributed by atoms with Gasteiger partial charge in [-0.3, -0.25) is 4.79 Å². The number of carbonyl (C=O) groups excluding carboxylic acids is 1. The van der Waals surface area contributed by atoms with E-state index in [2.05, 4.69) is 22.6 Å². The maximum atomic E-state index is 10.7. The van der Waals surface area contributed by atoms with Crippen molar-refractivity contribution in [3.63, 3.8) is 0 Å². The molecular formula is C9H6INOS. The minimum Gasteiger partial charge on any atom is -0.390 e. The van der Waals surface area contributed by atoms with E-state index in [0.717, 1.165) is 19.9 Å². The van der Waals surface area contributed by atoms with E-state index in [4.69, 9.17) is 5.73 Å². The molecule has 0 amide bonds. The van der Waals surface area contributed by atoms with Crippen molar-refractivity contribution in [1.29, 1.82) is 0 Å². The summed E-state index contributed by atoms with van der Waals surface area (Å²) in [7, 11) is 0. The Balaban J connectivity index is 2.86. The normalized spacial score (nSPS) is 10.5. The fourth-order valence-corrected chi connectivity index (χ4v) is 2.91. The predicted molar refractivity (Wildman–Crippen MR) is 64.3 cm³/mol. The summed E-state index contributed by atoms with van der Waals surface area (Å²) in [6.45, 7) is 0. The predicted octanol–water partition coefficient (Wildman–Crippen LogP) is 2.90. The molecule has 0 aliphatic heterocycles. The van der Waals surface area contributed by atoms with Crippen LogP contribution in [0.4, 0.5) is 5.00 Å². The number of carbonyl (C=O) groups is 1. The van der Waals surface area contributed by atoms with Crippen molar-refractivity contribution >= 4 is 55.3 Å². The van der Waals surface area contributed by atoms with Gasteiger partial charge in [0.25, 0.3) is 0 Å². The minimum atomic E-state index is 0.604. The Kier molecular flexibility index (Phi) is 2.25. The largest absolute Gasteiger partial charge is 0.390 e. The van der Waals surface area contributed by atoms with Crippen molar-refractivity contribution in [3.05, 3.63) is 27.3 Å². The fourth-order valence-electron chi connectivity index (χ4n) is 1.23. The van der Waals surface area contributed by atoms with E-state index in [9.17, 15) is 4.79 Å². The van der Waals surface area contributed by atoms with Crippen LogP contribution in [0, 0.1) is 3.57 Å². The van der Waals surface area contributed by atoms with Gasteiger partial charge in [-0.05, 0) is 34.7 Å². The van der Waals surface area contributed by atoms with Gasteiger partial charge in [0.2, 0.25) is 0 Å². The number of nitrogen functional groups attached to an aromatic ring is 1. The van der Waals surface area contributed by atoms with Crippen LogP contribution in [0.3, 0.4) is 0 Å². The number of benzene rings is 1. The van der Waals surface area contributed by atoms with Crippen molar-refractivity contribution < 1.29 is 4.79 Å². The molecule has 0 bridgehead atoms. The average molecular weight is 303 g/mol. The lowest BCUT2D eigenvalue weighted by Gasteiger charge is -1.91. The molecule has 1 heterocycles. The molecule has 0 fully saturated rings. The first-order valence-corrected chi connectivity index (χ1v) is 5.54. The molecule has 0 spiro atoms. The average Bonchev–Trinajstić information content (AvgIpc) is 2.39. The molecule has 0 radical (unpaired) electrons. The van der Waals surface area contributed by atoms with E-state index in [0.29, 0.717) is 10.6 Å². The Labute approximate surface area is 92.9 Å². The van der Waals surface area contributed by atoms with Crippen LogP contribution in [0.15, 0.2) is 18.2 Å². The Bertz CT molecular complexity index is 478. The first-order chi connectivity index (χ1) is 6.22. The molecule has 1 aromatic carbocycles. The first-order valence-electron chi connectivity index (χ1n) is 3.65. The number of aldehydes is 1. The molecule has 2 N–H and O–H groups in total. The third kappa shape index (κ3) is 1.44. The van der Waals surface area contributed by atoms with Crippen LogP contribution in [-0.4, -0.2) is 6.29 Å².